The Kier molecular flexibility index (Phi) is 7.09. The SMILES string of the molecule is Cc1ccc(-n2c(N3CCCCC3)nc3c(sc4cc5sc6c(=O)n(-c7ccc(C)cc7)c(N7CCCCC7)nc6c5nc43)c2=O)cc1. The second-order valence-corrected chi connectivity index (χ2v) is 15.2. The second kappa shape index (κ2) is 11.5. The van der Waals surface area contributed by atoms with Crippen LogP contribution in [0.15, 0.2) is 64.2 Å². The number of fused-ring (bicyclic) bond motifs is 6. The third-order valence-electron chi connectivity index (χ3n) is 9.74. The zero-order valence-corrected chi connectivity index (χ0v) is 28.7. The number of rotatable bonds is 4. The highest BCUT2D eigenvalue weighted by Gasteiger charge is 2.26. The molecule has 0 radical (unpaired) electrons. The van der Waals surface area contributed by atoms with Crippen LogP contribution in [0.1, 0.15) is 49.7 Å². The van der Waals surface area contributed by atoms with Gasteiger partial charge in [-0.05, 0) is 82.7 Å². The van der Waals surface area contributed by atoms with Gasteiger partial charge in [-0.15, -0.1) is 22.7 Å². The molecule has 0 bridgehead atoms. The number of aryl methyl sites for hydroxylation is 2. The van der Waals surface area contributed by atoms with Gasteiger partial charge in [-0.25, -0.2) is 24.1 Å². The Hall–Kier alpha value is -4.61. The van der Waals surface area contributed by atoms with E-state index in [0.29, 0.717) is 43.4 Å². The number of hydrogen-bond donors (Lipinski definition) is 0. The predicted octanol–water partition coefficient (Wildman–Crippen LogP) is 7.51. The monoisotopic (exact) mass is 673 g/mol. The average molecular weight is 674 g/mol. The first-order valence-electron chi connectivity index (χ1n) is 16.8. The Labute approximate surface area is 284 Å². The molecule has 0 N–H and O–H groups in total. The van der Waals surface area contributed by atoms with E-state index in [0.717, 1.165) is 83.8 Å². The highest BCUT2D eigenvalue weighted by Crippen LogP contribution is 2.39. The maximum absolute atomic E-state index is 14.4. The Morgan fingerprint density at radius 2 is 0.917 bits per heavy atom. The van der Waals surface area contributed by atoms with E-state index < -0.39 is 0 Å². The number of piperidine rings is 2. The summed E-state index contributed by atoms with van der Waals surface area (Å²) in [5, 5.41) is 0. The molecule has 242 valence electrons. The molecular weight excluding hydrogens is 639 g/mol. The van der Waals surface area contributed by atoms with Gasteiger partial charge in [-0.1, -0.05) is 35.4 Å². The van der Waals surface area contributed by atoms with Gasteiger partial charge in [0.25, 0.3) is 11.1 Å². The van der Waals surface area contributed by atoms with Crippen LogP contribution in [-0.4, -0.2) is 50.3 Å². The van der Waals surface area contributed by atoms with Crippen LogP contribution in [0.4, 0.5) is 11.9 Å². The lowest BCUT2D eigenvalue weighted by Gasteiger charge is -2.29. The topological polar surface area (TPSA) is 89.2 Å². The van der Waals surface area contributed by atoms with Gasteiger partial charge in [0, 0.05) is 26.2 Å². The molecule has 0 unspecified atom stereocenters. The minimum Gasteiger partial charge on any atom is -0.342 e. The molecule has 7 aromatic rings. The van der Waals surface area contributed by atoms with Gasteiger partial charge in [-0.3, -0.25) is 9.59 Å². The van der Waals surface area contributed by atoms with E-state index in [4.69, 9.17) is 15.0 Å². The molecule has 2 aliphatic rings. The number of aromatic nitrogens is 5. The van der Waals surface area contributed by atoms with Crippen molar-refractivity contribution in [2.24, 2.45) is 0 Å². The van der Waals surface area contributed by atoms with E-state index in [-0.39, 0.29) is 11.1 Å². The molecular formula is C37H35N7O2S2. The molecule has 2 aliphatic heterocycles. The smallest absolute Gasteiger partial charge is 0.277 e. The lowest BCUT2D eigenvalue weighted by molar-refractivity contribution is 0.563. The van der Waals surface area contributed by atoms with Crippen molar-refractivity contribution in [2.75, 3.05) is 36.0 Å². The van der Waals surface area contributed by atoms with Gasteiger partial charge >= 0.3 is 0 Å². The van der Waals surface area contributed by atoms with Crippen molar-refractivity contribution in [1.82, 2.24) is 24.1 Å². The summed E-state index contributed by atoms with van der Waals surface area (Å²) in [4.78, 5) is 48.9. The Balaban J connectivity index is 1.30. The molecule has 2 saturated heterocycles. The van der Waals surface area contributed by atoms with E-state index in [9.17, 15) is 9.59 Å². The predicted molar refractivity (Wildman–Crippen MR) is 198 cm³/mol. The summed E-state index contributed by atoms with van der Waals surface area (Å²) >= 11 is 2.86. The molecule has 48 heavy (non-hydrogen) atoms. The van der Waals surface area contributed by atoms with Crippen LogP contribution in [-0.2, 0) is 0 Å². The standard InChI is InChI=1S/C37H35N7O2S2/c1-22-9-13-24(14-10-22)43-34(45)32-30(39-36(43)41-17-5-3-6-18-41)28-26(47-32)21-27-29(38-28)31-33(48-27)35(46)44(25-15-11-23(2)12-16-25)37(40-31)42-19-7-4-8-20-42/h9-16,21H,3-8,17-20H2,1-2H3. The third kappa shape index (κ3) is 4.74. The lowest BCUT2D eigenvalue weighted by Crippen LogP contribution is -2.35. The van der Waals surface area contributed by atoms with Crippen molar-refractivity contribution in [3.63, 3.8) is 0 Å². The summed E-state index contributed by atoms with van der Waals surface area (Å²) in [6.07, 6.45) is 6.62. The van der Waals surface area contributed by atoms with E-state index >= 15 is 0 Å². The molecule has 2 aromatic carbocycles. The summed E-state index contributed by atoms with van der Waals surface area (Å²) in [7, 11) is 0. The largest absolute Gasteiger partial charge is 0.342 e. The molecule has 5 aromatic heterocycles. The van der Waals surface area contributed by atoms with Crippen LogP contribution in [0.3, 0.4) is 0 Å². The second-order valence-electron chi connectivity index (χ2n) is 13.1. The third-order valence-corrected chi connectivity index (χ3v) is 11.9. The van der Waals surface area contributed by atoms with Gasteiger partial charge < -0.3 is 9.80 Å². The normalized spacial score (nSPS) is 15.8. The number of thiophene rings is 2. The minimum absolute atomic E-state index is 0.0767. The molecule has 11 heteroatoms. The van der Waals surface area contributed by atoms with Crippen molar-refractivity contribution < 1.29 is 0 Å². The molecule has 0 aliphatic carbocycles. The quantitative estimate of drug-likeness (QED) is 0.191. The van der Waals surface area contributed by atoms with Crippen molar-refractivity contribution in [3.8, 4) is 11.4 Å². The van der Waals surface area contributed by atoms with Crippen LogP contribution >= 0.6 is 22.7 Å². The number of benzene rings is 2. The van der Waals surface area contributed by atoms with Gasteiger partial charge in [0.1, 0.15) is 31.5 Å². The number of nitrogens with zero attached hydrogens (tertiary/aromatic N) is 7. The van der Waals surface area contributed by atoms with E-state index in [2.05, 4.69) is 29.7 Å². The molecule has 0 atom stereocenters. The van der Waals surface area contributed by atoms with Gasteiger partial charge in [0.2, 0.25) is 11.9 Å². The summed E-state index contributed by atoms with van der Waals surface area (Å²) < 4.78 is 6.50. The Bertz CT molecular complexity index is 2310. The van der Waals surface area contributed by atoms with Crippen LogP contribution in [0, 0.1) is 13.8 Å². The number of pyridine rings is 1. The number of hydrogen-bond acceptors (Lipinski definition) is 9. The first-order valence-corrected chi connectivity index (χ1v) is 18.5. The van der Waals surface area contributed by atoms with E-state index in [1.54, 1.807) is 9.13 Å². The zero-order valence-electron chi connectivity index (χ0n) is 27.0. The van der Waals surface area contributed by atoms with Gasteiger partial charge in [0.05, 0.1) is 20.8 Å². The van der Waals surface area contributed by atoms with Crippen molar-refractivity contribution >= 4 is 75.4 Å². The van der Waals surface area contributed by atoms with Gasteiger partial charge in [0.15, 0.2) is 0 Å². The maximum Gasteiger partial charge on any atom is 0.277 e. The Morgan fingerprint density at radius 1 is 0.521 bits per heavy atom. The van der Waals surface area contributed by atoms with Crippen LogP contribution < -0.4 is 20.9 Å². The Morgan fingerprint density at radius 3 is 1.31 bits per heavy atom. The van der Waals surface area contributed by atoms with Crippen molar-refractivity contribution in [2.45, 2.75) is 52.4 Å². The molecule has 0 amide bonds. The fraction of sp³-hybridized carbons (Fsp3) is 0.324. The molecule has 0 spiro atoms. The van der Waals surface area contributed by atoms with Crippen molar-refractivity contribution in [1.29, 1.82) is 0 Å². The highest BCUT2D eigenvalue weighted by molar-refractivity contribution is 7.27. The number of anilines is 2. The van der Waals surface area contributed by atoms with Gasteiger partial charge in [-0.2, -0.15) is 0 Å². The molecule has 7 heterocycles. The molecule has 9 rings (SSSR count). The fourth-order valence-electron chi connectivity index (χ4n) is 7.15. The fourth-order valence-corrected chi connectivity index (χ4v) is 9.33. The van der Waals surface area contributed by atoms with E-state index in [1.807, 2.05) is 48.5 Å². The molecule has 9 nitrogen and oxygen atoms in total. The van der Waals surface area contributed by atoms with Crippen LogP contribution in [0.25, 0.3) is 52.2 Å². The van der Waals surface area contributed by atoms with Crippen LogP contribution in [0.5, 0.6) is 0 Å². The summed E-state index contributed by atoms with van der Waals surface area (Å²) in [6, 6.07) is 18.2. The first-order chi connectivity index (χ1) is 23.4. The average Bonchev–Trinajstić information content (AvgIpc) is 3.67. The molecule has 2 fully saturated rings. The molecule has 0 saturated carbocycles. The zero-order chi connectivity index (χ0) is 32.5. The highest BCUT2D eigenvalue weighted by atomic mass is 32.1. The maximum atomic E-state index is 14.4. The summed E-state index contributed by atoms with van der Waals surface area (Å²) in [5.74, 6) is 1.33. The van der Waals surface area contributed by atoms with Crippen molar-refractivity contribution in [3.05, 3.63) is 86.4 Å². The lowest BCUT2D eigenvalue weighted by atomic mass is 10.1. The summed E-state index contributed by atoms with van der Waals surface area (Å²) in [6.45, 7) is 7.53. The minimum atomic E-state index is -0.0767. The summed E-state index contributed by atoms with van der Waals surface area (Å²) in [5.41, 5.74) is 6.38. The van der Waals surface area contributed by atoms with Crippen LogP contribution in [0.2, 0.25) is 0 Å². The first kappa shape index (κ1) is 29.5. The van der Waals surface area contributed by atoms with E-state index in [1.165, 1.54) is 35.5 Å².